The van der Waals surface area contributed by atoms with Crippen molar-refractivity contribution in [1.29, 1.82) is 0 Å². The van der Waals surface area contributed by atoms with Crippen molar-refractivity contribution in [1.82, 2.24) is 0 Å². The van der Waals surface area contributed by atoms with Crippen molar-refractivity contribution in [3.63, 3.8) is 0 Å². The number of carbonyl (C=O) groups excluding carboxylic acids is 1. The molecular formula is C11H9Br3O4. The number of benzene rings is 1. The van der Waals surface area contributed by atoms with Crippen LogP contribution in [0.1, 0.15) is 18.1 Å². The second-order valence-electron chi connectivity index (χ2n) is 3.40. The number of ether oxygens (including phenoxy) is 1. The molecule has 0 saturated carbocycles. The number of hydrogen-bond acceptors (Lipinski definition) is 3. The maximum atomic E-state index is 11.7. The Labute approximate surface area is 129 Å². The zero-order valence-electron chi connectivity index (χ0n) is 8.98. The van der Waals surface area contributed by atoms with E-state index in [2.05, 4.69) is 47.8 Å². The molecule has 1 N–H and O–H groups in total. The standard InChI is InChI=1S/C11H9Br3O4/c12-11(13,14)10(17)18-8(6-9(15)16)7-4-2-1-3-5-7/h1-5,8H,6H2,(H,15,16). The van der Waals surface area contributed by atoms with Crippen LogP contribution in [0.15, 0.2) is 30.3 Å². The third-order valence-electron chi connectivity index (χ3n) is 2.01. The lowest BCUT2D eigenvalue weighted by molar-refractivity contribution is -0.151. The fourth-order valence-corrected chi connectivity index (χ4v) is 1.53. The Hall–Kier alpha value is -0.400. The quantitative estimate of drug-likeness (QED) is 0.569. The summed E-state index contributed by atoms with van der Waals surface area (Å²) in [5, 5.41) is 8.83. The van der Waals surface area contributed by atoms with Crippen LogP contribution in [-0.4, -0.2) is 19.2 Å². The highest BCUT2D eigenvalue weighted by Gasteiger charge is 2.33. The summed E-state index contributed by atoms with van der Waals surface area (Å²) in [5.74, 6) is -1.70. The number of hydrogen-bond donors (Lipinski definition) is 1. The third kappa shape index (κ3) is 5.07. The van der Waals surface area contributed by atoms with Crippen LogP contribution in [-0.2, 0) is 14.3 Å². The van der Waals surface area contributed by atoms with Crippen molar-refractivity contribution in [2.45, 2.75) is 14.7 Å². The number of aliphatic carboxylic acids is 1. The summed E-state index contributed by atoms with van der Waals surface area (Å²) in [6.07, 6.45) is -1.12. The van der Waals surface area contributed by atoms with Crippen LogP contribution in [0.2, 0.25) is 0 Å². The number of alkyl halides is 3. The molecule has 0 amide bonds. The summed E-state index contributed by atoms with van der Waals surface area (Å²) in [5.41, 5.74) is 0.630. The van der Waals surface area contributed by atoms with Gasteiger partial charge < -0.3 is 9.84 Å². The topological polar surface area (TPSA) is 63.6 Å². The molecule has 0 aliphatic heterocycles. The molecule has 0 aliphatic rings. The normalized spacial score (nSPS) is 12.8. The van der Waals surface area contributed by atoms with Crippen molar-refractivity contribution in [2.75, 3.05) is 0 Å². The molecule has 0 bridgehead atoms. The first-order chi connectivity index (χ1) is 8.30. The minimum Gasteiger partial charge on any atom is -0.481 e. The van der Waals surface area contributed by atoms with Crippen LogP contribution >= 0.6 is 47.8 Å². The number of carbonyl (C=O) groups is 2. The van der Waals surface area contributed by atoms with E-state index in [-0.39, 0.29) is 6.42 Å². The molecule has 0 radical (unpaired) electrons. The average molecular weight is 445 g/mol. The zero-order valence-corrected chi connectivity index (χ0v) is 13.7. The highest BCUT2D eigenvalue weighted by molar-refractivity contribution is 9.40. The number of carboxylic acid groups (broad SMARTS) is 1. The minimum absolute atomic E-state index is 0.293. The summed E-state index contributed by atoms with van der Waals surface area (Å²) in [6.45, 7) is 0. The molecule has 0 saturated heterocycles. The molecule has 0 fully saturated rings. The average Bonchev–Trinajstić information content (AvgIpc) is 2.27. The van der Waals surface area contributed by atoms with E-state index < -0.39 is 20.2 Å². The van der Waals surface area contributed by atoms with E-state index >= 15 is 0 Å². The van der Waals surface area contributed by atoms with Crippen LogP contribution < -0.4 is 0 Å². The lowest BCUT2D eigenvalue weighted by Gasteiger charge is -2.19. The van der Waals surface area contributed by atoms with Crippen LogP contribution in [0, 0.1) is 0 Å². The molecule has 1 rings (SSSR count). The Morgan fingerprint density at radius 2 is 1.78 bits per heavy atom. The molecule has 7 heteroatoms. The maximum absolute atomic E-state index is 11.7. The van der Waals surface area contributed by atoms with Gasteiger partial charge in [-0.2, -0.15) is 0 Å². The molecule has 1 atom stereocenters. The molecular weight excluding hydrogens is 436 g/mol. The van der Waals surface area contributed by atoms with Gasteiger partial charge in [-0.25, -0.2) is 4.79 Å². The Morgan fingerprint density at radius 1 is 1.22 bits per heavy atom. The van der Waals surface area contributed by atoms with Crippen molar-refractivity contribution < 1.29 is 19.4 Å². The van der Waals surface area contributed by atoms with Gasteiger partial charge in [0.05, 0.1) is 6.42 Å². The Kier molecular flexibility index (Phi) is 5.81. The lowest BCUT2D eigenvalue weighted by atomic mass is 10.1. The van der Waals surface area contributed by atoms with E-state index in [4.69, 9.17) is 9.84 Å². The lowest BCUT2D eigenvalue weighted by Crippen LogP contribution is -2.24. The van der Waals surface area contributed by atoms with Gasteiger partial charge in [-0.15, -0.1) is 0 Å². The molecule has 1 unspecified atom stereocenters. The maximum Gasteiger partial charge on any atom is 0.345 e. The number of carboxylic acids is 1. The molecule has 4 nitrogen and oxygen atoms in total. The van der Waals surface area contributed by atoms with E-state index in [0.29, 0.717) is 5.56 Å². The highest BCUT2D eigenvalue weighted by atomic mass is 80.0. The van der Waals surface area contributed by atoms with Gasteiger partial charge in [-0.1, -0.05) is 30.3 Å². The van der Waals surface area contributed by atoms with E-state index in [1.165, 1.54) is 0 Å². The second-order valence-corrected chi connectivity index (χ2v) is 10.2. The SMILES string of the molecule is O=C(O)CC(OC(=O)C(Br)(Br)Br)c1ccccc1. The molecule has 0 spiro atoms. The van der Waals surface area contributed by atoms with Gasteiger partial charge in [0.1, 0.15) is 6.10 Å². The second kappa shape index (κ2) is 6.68. The monoisotopic (exact) mass is 442 g/mol. The molecule has 1 aromatic carbocycles. The van der Waals surface area contributed by atoms with Gasteiger partial charge >= 0.3 is 11.9 Å². The fraction of sp³-hybridized carbons (Fsp3) is 0.273. The van der Waals surface area contributed by atoms with Gasteiger partial charge in [0, 0.05) is 0 Å². The van der Waals surface area contributed by atoms with E-state index in [1.54, 1.807) is 30.3 Å². The van der Waals surface area contributed by atoms with Crippen molar-refractivity contribution in [2.24, 2.45) is 0 Å². The smallest absolute Gasteiger partial charge is 0.345 e. The molecule has 1 aromatic rings. The summed E-state index contributed by atoms with van der Waals surface area (Å²) >= 11 is 9.07. The van der Waals surface area contributed by atoms with Crippen LogP contribution in [0.25, 0.3) is 0 Å². The van der Waals surface area contributed by atoms with Crippen molar-refractivity contribution >= 4 is 59.7 Å². The first-order valence-corrected chi connectivity index (χ1v) is 7.23. The van der Waals surface area contributed by atoms with E-state index in [0.717, 1.165) is 0 Å². The zero-order chi connectivity index (χ0) is 13.8. The summed E-state index contributed by atoms with van der Waals surface area (Å²) < 4.78 is 3.94. The van der Waals surface area contributed by atoms with Gasteiger partial charge in [0.2, 0.25) is 2.14 Å². The first kappa shape index (κ1) is 15.7. The summed E-state index contributed by atoms with van der Waals surface area (Å²) in [7, 11) is 0. The van der Waals surface area contributed by atoms with Crippen molar-refractivity contribution in [3.05, 3.63) is 35.9 Å². The number of rotatable bonds is 4. The van der Waals surface area contributed by atoms with Gasteiger partial charge in [-0.05, 0) is 53.4 Å². The molecule has 0 aromatic heterocycles. The molecule has 0 heterocycles. The van der Waals surface area contributed by atoms with E-state index in [1.807, 2.05) is 0 Å². The Balaban J connectivity index is 2.87. The summed E-state index contributed by atoms with van der Waals surface area (Å²) in [6, 6.07) is 8.72. The molecule has 0 aliphatic carbocycles. The van der Waals surface area contributed by atoms with Gasteiger partial charge in [0.25, 0.3) is 0 Å². The summed E-state index contributed by atoms with van der Waals surface area (Å²) in [4.78, 5) is 22.5. The number of halogens is 3. The van der Waals surface area contributed by atoms with Gasteiger partial charge in [-0.3, -0.25) is 4.79 Å². The predicted molar refractivity (Wildman–Crippen MR) is 77.0 cm³/mol. The van der Waals surface area contributed by atoms with Crippen LogP contribution in [0.4, 0.5) is 0 Å². The molecule has 98 valence electrons. The highest BCUT2D eigenvalue weighted by Crippen LogP contribution is 2.37. The van der Waals surface area contributed by atoms with Crippen molar-refractivity contribution in [3.8, 4) is 0 Å². The number of esters is 1. The Morgan fingerprint density at radius 3 is 2.22 bits per heavy atom. The van der Waals surface area contributed by atoms with Gasteiger partial charge in [0.15, 0.2) is 0 Å². The van der Waals surface area contributed by atoms with E-state index in [9.17, 15) is 9.59 Å². The largest absolute Gasteiger partial charge is 0.481 e. The minimum atomic E-state index is -1.21. The molecule has 18 heavy (non-hydrogen) atoms. The van der Waals surface area contributed by atoms with Crippen LogP contribution in [0.3, 0.4) is 0 Å². The Bertz CT molecular complexity index is 428. The third-order valence-corrected chi connectivity index (χ3v) is 2.98. The fourth-order valence-electron chi connectivity index (χ4n) is 1.25. The predicted octanol–water partition coefficient (Wildman–Crippen LogP) is 3.58. The first-order valence-electron chi connectivity index (χ1n) is 4.85. The van der Waals surface area contributed by atoms with Crippen LogP contribution in [0.5, 0.6) is 0 Å².